The Kier molecular flexibility index (Phi) is 4.75. The number of aliphatic hydroxyl groups is 1. The molecule has 114 valence electrons. The number of rotatable bonds is 3. The lowest BCUT2D eigenvalue weighted by molar-refractivity contribution is 0.311. The Labute approximate surface area is 123 Å². The van der Waals surface area contributed by atoms with Gasteiger partial charge in [-0.1, -0.05) is 41.5 Å². The van der Waals surface area contributed by atoms with Crippen molar-refractivity contribution in [1.29, 1.82) is 0 Å². The second-order valence-corrected chi connectivity index (χ2v) is 7.47. The fourth-order valence-corrected chi connectivity index (χ4v) is 2.63. The van der Waals surface area contributed by atoms with E-state index in [1.807, 2.05) is 13.0 Å². The molecule has 1 aromatic carbocycles. The highest BCUT2D eigenvalue weighted by molar-refractivity contribution is 5.64. The van der Waals surface area contributed by atoms with Crippen LogP contribution in [0.1, 0.15) is 58.2 Å². The third kappa shape index (κ3) is 3.45. The van der Waals surface area contributed by atoms with Crippen molar-refractivity contribution in [3.05, 3.63) is 22.8 Å². The van der Waals surface area contributed by atoms with Crippen LogP contribution >= 0.6 is 0 Å². The van der Waals surface area contributed by atoms with Crippen molar-refractivity contribution in [3.8, 4) is 5.75 Å². The van der Waals surface area contributed by atoms with Gasteiger partial charge in [0.2, 0.25) is 0 Å². The van der Waals surface area contributed by atoms with E-state index >= 15 is 0 Å². The van der Waals surface area contributed by atoms with Gasteiger partial charge < -0.3 is 15.5 Å². The summed E-state index contributed by atoms with van der Waals surface area (Å²) in [6.07, 6.45) is 0. The van der Waals surface area contributed by atoms with Gasteiger partial charge in [0.05, 0.1) is 6.61 Å². The number of aliphatic hydroxyl groups excluding tert-OH is 1. The Morgan fingerprint density at radius 2 is 1.60 bits per heavy atom. The molecule has 0 spiro atoms. The highest BCUT2D eigenvalue weighted by atomic mass is 16.3. The Bertz CT molecular complexity index is 479. The number of hydrogen-bond donors (Lipinski definition) is 3. The van der Waals surface area contributed by atoms with Crippen LogP contribution in [0.25, 0.3) is 0 Å². The van der Waals surface area contributed by atoms with E-state index in [9.17, 15) is 5.11 Å². The summed E-state index contributed by atoms with van der Waals surface area (Å²) in [5.74, 6) is 0.400. The first-order valence-electron chi connectivity index (χ1n) is 7.22. The van der Waals surface area contributed by atoms with E-state index in [4.69, 9.17) is 5.11 Å². The number of benzene rings is 1. The average Bonchev–Trinajstić information content (AvgIpc) is 2.24. The predicted octanol–water partition coefficient (Wildman–Crippen LogP) is 3.70. The molecule has 20 heavy (non-hydrogen) atoms. The molecule has 0 aromatic heterocycles. The zero-order valence-corrected chi connectivity index (χ0v) is 13.9. The van der Waals surface area contributed by atoms with E-state index in [0.717, 1.165) is 22.4 Å². The molecule has 1 rings (SSSR count). The molecule has 3 heteroatoms. The van der Waals surface area contributed by atoms with Gasteiger partial charge >= 0.3 is 0 Å². The highest BCUT2D eigenvalue weighted by Gasteiger charge is 2.28. The lowest BCUT2D eigenvalue weighted by Crippen LogP contribution is -2.20. The minimum atomic E-state index is -0.134. The number of hydrogen-bond acceptors (Lipinski definition) is 3. The van der Waals surface area contributed by atoms with Crippen LogP contribution < -0.4 is 5.32 Å². The van der Waals surface area contributed by atoms with Crippen LogP contribution in [0.3, 0.4) is 0 Å². The maximum atomic E-state index is 10.7. The van der Waals surface area contributed by atoms with Gasteiger partial charge in [-0.15, -0.1) is 0 Å². The number of nitrogens with one attached hydrogen (secondary N) is 1. The molecule has 0 aliphatic heterocycles. The second kappa shape index (κ2) is 5.65. The molecule has 0 fully saturated rings. The molecule has 0 saturated carbocycles. The molecule has 0 atom stereocenters. The molecular weight excluding hydrogens is 250 g/mol. The van der Waals surface area contributed by atoms with Crippen molar-refractivity contribution in [2.24, 2.45) is 0 Å². The molecule has 1 aromatic rings. The summed E-state index contributed by atoms with van der Waals surface area (Å²) in [5.41, 5.74) is 3.69. The van der Waals surface area contributed by atoms with Crippen molar-refractivity contribution in [1.82, 2.24) is 0 Å². The van der Waals surface area contributed by atoms with Gasteiger partial charge in [0.1, 0.15) is 5.75 Å². The number of anilines is 1. The smallest absolute Gasteiger partial charge is 0.123 e. The van der Waals surface area contributed by atoms with Crippen LogP contribution in [-0.4, -0.2) is 23.4 Å². The molecule has 0 radical (unpaired) electrons. The summed E-state index contributed by atoms with van der Waals surface area (Å²) in [5, 5.41) is 23.0. The fourth-order valence-electron chi connectivity index (χ4n) is 2.63. The van der Waals surface area contributed by atoms with Crippen LogP contribution in [-0.2, 0) is 10.8 Å². The van der Waals surface area contributed by atoms with Crippen LogP contribution in [0.2, 0.25) is 0 Å². The van der Waals surface area contributed by atoms with Crippen LogP contribution in [0.5, 0.6) is 5.75 Å². The van der Waals surface area contributed by atoms with Gasteiger partial charge in [0.15, 0.2) is 0 Å². The Morgan fingerprint density at radius 1 is 1.05 bits per heavy atom. The Hall–Kier alpha value is -1.22. The summed E-state index contributed by atoms with van der Waals surface area (Å²) in [7, 11) is 0. The summed E-state index contributed by atoms with van der Waals surface area (Å²) >= 11 is 0. The first kappa shape index (κ1) is 16.8. The first-order chi connectivity index (χ1) is 9.00. The summed E-state index contributed by atoms with van der Waals surface area (Å²) in [6, 6.07) is 2.01. The second-order valence-electron chi connectivity index (χ2n) is 7.47. The number of phenols is 1. The number of phenolic OH excluding ortho intramolecular Hbond substituents is 1. The van der Waals surface area contributed by atoms with Crippen molar-refractivity contribution < 1.29 is 10.2 Å². The van der Waals surface area contributed by atoms with Crippen LogP contribution in [0.15, 0.2) is 6.07 Å². The van der Waals surface area contributed by atoms with Crippen molar-refractivity contribution in [2.75, 3.05) is 18.5 Å². The molecule has 0 unspecified atom stereocenters. The zero-order valence-electron chi connectivity index (χ0n) is 13.9. The normalized spacial score (nSPS) is 12.6. The maximum Gasteiger partial charge on any atom is 0.123 e. The molecule has 0 bridgehead atoms. The lowest BCUT2D eigenvalue weighted by atomic mass is 9.77. The molecule has 0 saturated heterocycles. The minimum Gasteiger partial charge on any atom is -0.507 e. The largest absolute Gasteiger partial charge is 0.507 e. The van der Waals surface area contributed by atoms with Gasteiger partial charge in [-0.25, -0.2) is 0 Å². The number of aromatic hydroxyl groups is 1. The summed E-state index contributed by atoms with van der Waals surface area (Å²) in [4.78, 5) is 0. The maximum absolute atomic E-state index is 10.7. The SMILES string of the molecule is Cc1c(NCCO)cc(C(C)(C)C)c(O)c1C(C)(C)C. The van der Waals surface area contributed by atoms with Crippen LogP contribution in [0, 0.1) is 6.92 Å². The van der Waals surface area contributed by atoms with Gasteiger partial charge in [-0.05, 0) is 29.4 Å². The molecule has 0 aliphatic carbocycles. The zero-order chi connectivity index (χ0) is 15.7. The molecular formula is C17H29NO2. The average molecular weight is 279 g/mol. The molecule has 0 aliphatic rings. The predicted molar refractivity (Wildman–Crippen MR) is 85.8 cm³/mol. The third-order valence-electron chi connectivity index (χ3n) is 3.54. The standard InChI is InChI=1S/C17H29NO2/c1-11-13(18-8-9-19)10-12(16(2,3)4)15(20)14(11)17(5,6)7/h10,18-20H,8-9H2,1-7H3. The molecule has 0 amide bonds. The monoisotopic (exact) mass is 279 g/mol. The van der Waals surface area contributed by atoms with Crippen molar-refractivity contribution >= 4 is 5.69 Å². The van der Waals surface area contributed by atoms with Gasteiger partial charge in [0, 0.05) is 23.4 Å². The van der Waals surface area contributed by atoms with Gasteiger partial charge in [-0.2, -0.15) is 0 Å². The van der Waals surface area contributed by atoms with E-state index in [1.54, 1.807) is 0 Å². The van der Waals surface area contributed by atoms with E-state index < -0.39 is 0 Å². The van der Waals surface area contributed by atoms with Crippen molar-refractivity contribution in [3.63, 3.8) is 0 Å². The lowest BCUT2D eigenvalue weighted by Gasteiger charge is -2.30. The Morgan fingerprint density at radius 3 is 2.00 bits per heavy atom. The van der Waals surface area contributed by atoms with E-state index in [2.05, 4.69) is 46.9 Å². The van der Waals surface area contributed by atoms with E-state index in [1.165, 1.54) is 0 Å². The van der Waals surface area contributed by atoms with Crippen molar-refractivity contribution in [2.45, 2.75) is 59.3 Å². The summed E-state index contributed by atoms with van der Waals surface area (Å²) < 4.78 is 0. The molecule has 0 heterocycles. The van der Waals surface area contributed by atoms with Gasteiger partial charge in [0.25, 0.3) is 0 Å². The Balaban J connectivity index is 3.57. The van der Waals surface area contributed by atoms with E-state index in [0.29, 0.717) is 12.3 Å². The van der Waals surface area contributed by atoms with E-state index in [-0.39, 0.29) is 17.4 Å². The first-order valence-corrected chi connectivity index (χ1v) is 7.22. The summed E-state index contributed by atoms with van der Waals surface area (Å²) in [6.45, 7) is 15.2. The minimum absolute atomic E-state index is 0.0933. The topological polar surface area (TPSA) is 52.5 Å². The quantitative estimate of drug-likeness (QED) is 0.739. The fraction of sp³-hybridized carbons (Fsp3) is 0.647. The highest BCUT2D eigenvalue weighted by Crippen LogP contribution is 2.43. The van der Waals surface area contributed by atoms with Crippen LogP contribution in [0.4, 0.5) is 5.69 Å². The molecule has 3 N–H and O–H groups in total. The van der Waals surface area contributed by atoms with Gasteiger partial charge in [-0.3, -0.25) is 0 Å². The third-order valence-corrected chi connectivity index (χ3v) is 3.54. The molecule has 3 nitrogen and oxygen atoms in total.